The zero-order valence-corrected chi connectivity index (χ0v) is 15.7. The number of hydrogen-bond acceptors (Lipinski definition) is 3. The second kappa shape index (κ2) is 9.61. The molecule has 138 valence electrons. The zero-order valence-electron chi connectivity index (χ0n) is 15.7. The Morgan fingerprint density at radius 1 is 0.962 bits per heavy atom. The molecule has 2 rings (SSSR count). The lowest BCUT2D eigenvalue weighted by molar-refractivity contribution is -0.120. The summed E-state index contributed by atoms with van der Waals surface area (Å²) >= 11 is 0. The van der Waals surface area contributed by atoms with Gasteiger partial charge in [0, 0.05) is 24.3 Å². The van der Waals surface area contributed by atoms with Crippen LogP contribution in [0, 0.1) is 0 Å². The first-order valence-corrected chi connectivity index (χ1v) is 9.02. The Kier molecular flexibility index (Phi) is 7.21. The summed E-state index contributed by atoms with van der Waals surface area (Å²) in [6.07, 6.45) is 0. The van der Waals surface area contributed by atoms with Crippen LogP contribution in [-0.4, -0.2) is 36.3 Å². The summed E-state index contributed by atoms with van der Waals surface area (Å²) in [5.74, 6) is -0.0550. The van der Waals surface area contributed by atoms with Crippen LogP contribution in [0.5, 0.6) is 0 Å². The quantitative estimate of drug-likeness (QED) is 0.764. The van der Waals surface area contributed by atoms with Gasteiger partial charge in [0.25, 0.3) is 5.91 Å². The minimum Gasteiger partial charge on any atom is -0.376 e. The number of hydrogen-bond donors (Lipinski definition) is 2. The van der Waals surface area contributed by atoms with E-state index in [0.717, 1.165) is 11.3 Å². The fraction of sp³-hybridized carbons (Fsp3) is 0.333. The molecule has 0 saturated heterocycles. The van der Waals surface area contributed by atoms with Gasteiger partial charge in [0.05, 0.1) is 12.6 Å². The van der Waals surface area contributed by atoms with Crippen molar-refractivity contribution < 1.29 is 9.59 Å². The van der Waals surface area contributed by atoms with Gasteiger partial charge in [0.15, 0.2) is 0 Å². The molecule has 1 unspecified atom stereocenters. The lowest BCUT2D eigenvalue weighted by Gasteiger charge is -2.18. The van der Waals surface area contributed by atoms with Gasteiger partial charge >= 0.3 is 0 Å². The van der Waals surface area contributed by atoms with Crippen LogP contribution in [0.4, 0.5) is 5.69 Å². The van der Waals surface area contributed by atoms with Gasteiger partial charge in [-0.1, -0.05) is 30.3 Å². The van der Waals surface area contributed by atoms with Crippen LogP contribution in [0.15, 0.2) is 54.6 Å². The predicted molar refractivity (Wildman–Crippen MR) is 105 cm³/mol. The first-order chi connectivity index (χ1) is 12.5. The first-order valence-electron chi connectivity index (χ1n) is 9.02. The van der Waals surface area contributed by atoms with E-state index in [2.05, 4.69) is 10.6 Å². The Bertz CT molecular complexity index is 710. The molecule has 2 aromatic carbocycles. The molecule has 0 aliphatic carbocycles. The predicted octanol–water partition coefficient (Wildman–Crippen LogP) is 3.46. The van der Waals surface area contributed by atoms with Crippen LogP contribution in [0.1, 0.15) is 42.7 Å². The zero-order chi connectivity index (χ0) is 18.9. The topological polar surface area (TPSA) is 61.4 Å². The molecule has 0 spiro atoms. The van der Waals surface area contributed by atoms with E-state index in [1.807, 2.05) is 63.2 Å². The summed E-state index contributed by atoms with van der Waals surface area (Å²) in [6.45, 7) is 7.45. The molecule has 0 aromatic heterocycles. The second-order valence-corrected chi connectivity index (χ2v) is 6.11. The third-order valence-electron chi connectivity index (χ3n) is 4.31. The van der Waals surface area contributed by atoms with Crippen molar-refractivity contribution in [1.82, 2.24) is 10.2 Å². The maximum absolute atomic E-state index is 12.3. The molecule has 0 saturated carbocycles. The van der Waals surface area contributed by atoms with Crippen molar-refractivity contribution in [2.24, 2.45) is 0 Å². The largest absolute Gasteiger partial charge is 0.376 e. The molecule has 2 N–H and O–H groups in total. The van der Waals surface area contributed by atoms with Crippen LogP contribution >= 0.6 is 0 Å². The minimum atomic E-state index is -0.0790. The summed E-state index contributed by atoms with van der Waals surface area (Å²) in [6, 6.07) is 17.0. The summed E-state index contributed by atoms with van der Waals surface area (Å²) in [5.41, 5.74) is 2.53. The number of carbonyl (C=O) groups is 2. The lowest BCUT2D eigenvalue weighted by Crippen LogP contribution is -2.32. The summed E-state index contributed by atoms with van der Waals surface area (Å²) in [5, 5.41) is 6.05. The highest BCUT2D eigenvalue weighted by molar-refractivity contribution is 5.94. The third kappa shape index (κ3) is 5.34. The Labute approximate surface area is 155 Å². The van der Waals surface area contributed by atoms with E-state index in [1.54, 1.807) is 17.0 Å². The molecular weight excluding hydrogens is 326 g/mol. The summed E-state index contributed by atoms with van der Waals surface area (Å²) in [4.78, 5) is 26.2. The Balaban J connectivity index is 1.85. The van der Waals surface area contributed by atoms with Gasteiger partial charge in [-0.2, -0.15) is 0 Å². The van der Waals surface area contributed by atoms with Crippen molar-refractivity contribution in [3.05, 3.63) is 65.7 Å². The van der Waals surface area contributed by atoms with Crippen LogP contribution < -0.4 is 10.6 Å². The van der Waals surface area contributed by atoms with Crippen molar-refractivity contribution in [3.63, 3.8) is 0 Å². The van der Waals surface area contributed by atoms with Gasteiger partial charge in [-0.05, 0) is 50.6 Å². The fourth-order valence-corrected chi connectivity index (χ4v) is 2.72. The second-order valence-electron chi connectivity index (χ2n) is 6.11. The molecule has 2 aromatic rings. The van der Waals surface area contributed by atoms with E-state index in [0.29, 0.717) is 18.7 Å². The molecule has 0 heterocycles. The van der Waals surface area contributed by atoms with E-state index in [4.69, 9.17) is 0 Å². The van der Waals surface area contributed by atoms with Gasteiger partial charge in [0.2, 0.25) is 5.91 Å². The highest BCUT2D eigenvalue weighted by Crippen LogP contribution is 2.13. The van der Waals surface area contributed by atoms with Crippen molar-refractivity contribution in [2.75, 3.05) is 25.0 Å². The van der Waals surface area contributed by atoms with Gasteiger partial charge in [-0.3, -0.25) is 9.59 Å². The van der Waals surface area contributed by atoms with Gasteiger partial charge < -0.3 is 15.5 Å². The number of benzene rings is 2. The van der Waals surface area contributed by atoms with Crippen molar-refractivity contribution in [1.29, 1.82) is 0 Å². The minimum absolute atomic E-state index is 0.0241. The average Bonchev–Trinajstić information content (AvgIpc) is 2.68. The molecule has 5 nitrogen and oxygen atoms in total. The van der Waals surface area contributed by atoms with E-state index in [-0.39, 0.29) is 24.4 Å². The number of nitrogens with one attached hydrogen (secondary N) is 2. The number of amides is 2. The fourth-order valence-electron chi connectivity index (χ4n) is 2.72. The SMILES string of the molecule is CCN(CC)C(=O)c1ccc(NCC(=O)NC(C)c2ccccc2)cc1. The van der Waals surface area contributed by atoms with Crippen LogP contribution in [0.25, 0.3) is 0 Å². The highest BCUT2D eigenvalue weighted by Gasteiger charge is 2.12. The number of anilines is 1. The molecule has 0 bridgehead atoms. The lowest BCUT2D eigenvalue weighted by atomic mass is 10.1. The van der Waals surface area contributed by atoms with Crippen LogP contribution in [0.3, 0.4) is 0 Å². The maximum atomic E-state index is 12.3. The van der Waals surface area contributed by atoms with Crippen molar-refractivity contribution >= 4 is 17.5 Å². The molecule has 5 heteroatoms. The molecule has 2 amide bonds. The average molecular weight is 353 g/mol. The highest BCUT2D eigenvalue weighted by atomic mass is 16.2. The molecular formula is C21H27N3O2. The standard InChI is InChI=1S/C21H27N3O2/c1-4-24(5-2)21(26)18-11-13-19(14-12-18)22-15-20(25)23-16(3)17-9-7-6-8-10-17/h6-14,16,22H,4-5,15H2,1-3H3,(H,23,25). The van der Waals surface area contributed by atoms with E-state index in [9.17, 15) is 9.59 Å². The van der Waals surface area contributed by atoms with E-state index < -0.39 is 0 Å². The number of nitrogens with zero attached hydrogens (tertiary/aromatic N) is 1. The molecule has 1 atom stereocenters. The molecule has 0 aliphatic rings. The Morgan fingerprint density at radius 3 is 2.15 bits per heavy atom. The summed E-state index contributed by atoms with van der Waals surface area (Å²) < 4.78 is 0. The van der Waals surface area contributed by atoms with Gasteiger partial charge in [-0.25, -0.2) is 0 Å². The molecule has 0 aliphatic heterocycles. The van der Waals surface area contributed by atoms with E-state index in [1.165, 1.54) is 0 Å². The molecule has 0 radical (unpaired) electrons. The van der Waals surface area contributed by atoms with Gasteiger partial charge in [-0.15, -0.1) is 0 Å². The molecule has 26 heavy (non-hydrogen) atoms. The van der Waals surface area contributed by atoms with Crippen LogP contribution in [0.2, 0.25) is 0 Å². The number of carbonyl (C=O) groups excluding carboxylic acids is 2. The van der Waals surface area contributed by atoms with E-state index >= 15 is 0 Å². The smallest absolute Gasteiger partial charge is 0.253 e. The maximum Gasteiger partial charge on any atom is 0.253 e. The Morgan fingerprint density at radius 2 is 1.58 bits per heavy atom. The summed E-state index contributed by atoms with van der Waals surface area (Å²) in [7, 11) is 0. The van der Waals surface area contributed by atoms with Crippen LogP contribution in [-0.2, 0) is 4.79 Å². The molecule has 0 fully saturated rings. The van der Waals surface area contributed by atoms with Gasteiger partial charge in [0.1, 0.15) is 0 Å². The first kappa shape index (κ1) is 19.5. The monoisotopic (exact) mass is 353 g/mol. The number of rotatable bonds is 8. The normalized spacial score (nSPS) is 11.5. The Hall–Kier alpha value is -2.82. The third-order valence-corrected chi connectivity index (χ3v) is 4.31. The van der Waals surface area contributed by atoms with Crippen molar-refractivity contribution in [3.8, 4) is 0 Å². The van der Waals surface area contributed by atoms with Crippen molar-refractivity contribution in [2.45, 2.75) is 26.8 Å².